The molecule has 320 valence electrons. The zero-order valence-corrected chi connectivity index (χ0v) is 37.2. The quantitative estimate of drug-likeness (QED) is 0.227. The van der Waals surface area contributed by atoms with Crippen LogP contribution in [-0.2, 0) is 4.74 Å². The van der Waals surface area contributed by atoms with Gasteiger partial charge >= 0.3 is 0 Å². The summed E-state index contributed by atoms with van der Waals surface area (Å²) < 4.78 is 7.04. The molecule has 0 aromatic heterocycles. The van der Waals surface area contributed by atoms with Crippen LogP contribution in [0.5, 0.6) is 0 Å². The summed E-state index contributed by atoms with van der Waals surface area (Å²) in [6.07, 6.45) is 67.6. The van der Waals surface area contributed by atoms with Gasteiger partial charge in [-0.2, -0.15) is 0 Å². The Hall–Kier alpha value is -2.84. The summed E-state index contributed by atoms with van der Waals surface area (Å²) in [6.45, 7) is 0. The van der Waals surface area contributed by atoms with Crippen LogP contribution in [0, 0.1) is 41.4 Å². The average molecular weight is 804 g/mol. The third kappa shape index (κ3) is 8.12. The van der Waals surface area contributed by atoms with E-state index in [4.69, 9.17) is 4.74 Å². The van der Waals surface area contributed by atoms with Gasteiger partial charge in [0, 0.05) is 23.6 Å². The Labute approximate surface area is 364 Å². The summed E-state index contributed by atoms with van der Waals surface area (Å²) in [4.78, 5) is 3.06. The number of nitrogens with zero attached hydrogens (tertiary/aromatic N) is 1. The fraction of sp³-hybridized carbons (Fsp3) is 0.655. The number of ether oxygens (including phenoxy) is 1. The van der Waals surface area contributed by atoms with Crippen molar-refractivity contribution in [2.75, 3.05) is 0 Å². The van der Waals surface area contributed by atoms with Crippen molar-refractivity contribution in [2.45, 2.75) is 198 Å². The van der Waals surface area contributed by atoms with E-state index >= 15 is 0 Å². The lowest BCUT2D eigenvalue weighted by Gasteiger charge is -2.46. The Morgan fingerprint density at radius 2 is 1.40 bits per heavy atom. The molecule has 1 heterocycles. The lowest BCUT2D eigenvalue weighted by Crippen LogP contribution is -2.44. The van der Waals surface area contributed by atoms with Crippen molar-refractivity contribution in [3.63, 3.8) is 0 Å². The third-order valence-corrected chi connectivity index (χ3v) is 18.4. The van der Waals surface area contributed by atoms with Gasteiger partial charge in [-0.3, -0.25) is 0 Å². The van der Waals surface area contributed by atoms with E-state index < -0.39 is 0 Å². The summed E-state index contributed by atoms with van der Waals surface area (Å²) in [6, 6.07) is 1.11. The maximum Gasteiger partial charge on any atom is 0.0826 e. The highest BCUT2D eigenvalue weighted by molar-refractivity contribution is 5.40. The summed E-state index contributed by atoms with van der Waals surface area (Å²) in [5.74, 6) is 4.95. The Kier molecular flexibility index (Phi) is 12.1. The number of fused-ring (bicyclic) bond motifs is 3. The largest absolute Gasteiger partial charge is 0.370 e. The topological polar surface area (TPSA) is 12.5 Å². The van der Waals surface area contributed by atoms with Gasteiger partial charge in [-0.1, -0.05) is 101 Å². The minimum Gasteiger partial charge on any atom is -0.370 e. The van der Waals surface area contributed by atoms with Crippen molar-refractivity contribution in [3.8, 4) is 0 Å². The first-order valence-electron chi connectivity index (χ1n) is 26.0. The van der Waals surface area contributed by atoms with Gasteiger partial charge in [0.25, 0.3) is 0 Å². The highest BCUT2D eigenvalue weighted by Gasteiger charge is 2.48. The van der Waals surface area contributed by atoms with Gasteiger partial charge in [0.1, 0.15) is 0 Å². The number of hydrogen-bond acceptors (Lipinski definition) is 2. The molecule has 2 heteroatoms. The Balaban J connectivity index is 0.837. The third-order valence-electron chi connectivity index (χ3n) is 18.4. The molecule has 1 saturated heterocycles. The lowest BCUT2D eigenvalue weighted by molar-refractivity contribution is 0.0360. The van der Waals surface area contributed by atoms with Crippen LogP contribution in [0.1, 0.15) is 173 Å². The summed E-state index contributed by atoms with van der Waals surface area (Å²) in [5.41, 5.74) is 14.3. The monoisotopic (exact) mass is 804 g/mol. The van der Waals surface area contributed by atoms with Crippen LogP contribution in [0.2, 0.25) is 0 Å². The molecule has 0 amide bonds. The first-order valence-corrected chi connectivity index (χ1v) is 26.0. The molecule has 8 unspecified atom stereocenters. The van der Waals surface area contributed by atoms with E-state index in [0.717, 1.165) is 23.7 Å². The van der Waals surface area contributed by atoms with Crippen molar-refractivity contribution in [3.05, 3.63) is 118 Å². The smallest absolute Gasteiger partial charge is 0.0826 e. The maximum atomic E-state index is 7.04. The minimum absolute atomic E-state index is 0.388. The summed E-state index contributed by atoms with van der Waals surface area (Å²) >= 11 is 0. The fourth-order valence-corrected chi connectivity index (χ4v) is 15.1. The number of allylic oxidation sites excluding steroid dienone is 15. The normalized spacial score (nSPS) is 39.3. The Morgan fingerprint density at radius 1 is 0.550 bits per heavy atom. The molecule has 0 N–H and O–H groups in total. The van der Waals surface area contributed by atoms with Gasteiger partial charge in [-0.25, -0.2) is 0 Å². The molecule has 0 bridgehead atoms. The van der Waals surface area contributed by atoms with Gasteiger partial charge in [0.2, 0.25) is 0 Å². The average Bonchev–Trinajstić information content (AvgIpc) is 3.71. The van der Waals surface area contributed by atoms with Crippen molar-refractivity contribution >= 4 is 0 Å². The molecule has 11 rings (SSSR count). The maximum absolute atomic E-state index is 7.04. The van der Waals surface area contributed by atoms with Crippen LogP contribution < -0.4 is 0 Å². The van der Waals surface area contributed by atoms with Crippen LogP contribution in [0.3, 0.4) is 0 Å². The second kappa shape index (κ2) is 18.1. The zero-order chi connectivity index (χ0) is 39.8. The molecule has 11 atom stereocenters. The van der Waals surface area contributed by atoms with Crippen LogP contribution in [0.25, 0.3) is 0 Å². The van der Waals surface area contributed by atoms with Gasteiger partial charge in [0.05, 0.1) is 18.2 Å². The van der Waals surface area contributed by atoms with E-state index in [-0.39, 0.29) is 0 Å². The van der Waals surface area contributed by atoms with E-state index in [0.29, 0.717) is 42.0 Å². The molecule has 0 saturated carbocycles. The van der Waals surface area contributed by atoms with E-state index in [1.807, 2.05) is 22.3 Å². The summed E-state index contributed by atoms with van der Waals surface area (Å²) in [5, 5.41) is 0. The minimum atomic E-state index is 0.388. The molecule has 2 nitrogen and oxygen atoms in total. The Bertz CT molecular complexity index is 1920. The molecule has 60 heavy (non-hydrogen) atoms. The second-order valence-corrected chi connectivity index (χ2v) is 21.6. The molecular weight excluding hydrogens is 727 g/mol. The highest BCUT2D eigenvalue weighted by Crippen LogP contribution is 2.52. The van der Waals surface area contributed by atoms with Crippen molar-refractivity contribution in [2.24, 2.45) is 41.4 Å². The van der Waals surface area contributed by atoms with Gasteiger partial charge < -0.3 is 9.64 Å². The SMILES string of the molecule is C1=CC(C2=C(C3CC=CCC3)CC(N(C3=CC[C@@H](C4=CC5C(CC4)OC4C(C6CC=CCC6)=CCCC45)CC3)[C@H]3CC=C([C@@H]4CCC5=C(CCCC5)C4)CC3)C=C2)CCC1. The second-order valence-electron chi connectivity index (χ2n) is 21.6. The van der Waals surface area contributed by atoms with Gasteiger partial charge in [0.15, 0.2) is 0 Å². The van der Waals surface area contributed by atoms with E-state index in [2.05, 4.69) is 77.8 Å². The first kappa shape index (κ1) is 40.0. The molecule has 0 aromatic carbocycles. The lowest BCUT2D eigenvalue weighted by atomic mass is 9.69. The predicted molar refractivity (Wildman–Crippen MR) is 250 cm³/mol. The molecule has 1 aliphatic heterocycles. The van der Waals surface area contributed by atoms with E-state index in [1.165, 1.54) is 173 Å². The molecule has 0 radical (unpaired) electrons. The van der Waals surface area contributed by atoms with Crippen LogP contribution >= 0.6 is 0 Å². The molecule has 10 aliphatic carbocycles. The number of hydrogen-bond donors (Lipinski definition) is 0. The molecule has 0 aromatic rings. The standard InChI is InChI=1S/C58H77NO/c1-4-14-43(15-5-1)52-35-34-51(39-55(52)45-18-8-3-9-19-45)59(49-30-25-41(26-31-49)47-24-23-40-13-10-11-20-46(40)37-47)50-32-27-42(28-33-50)48-29-36-57-56(38-48)54-22-12-21-53(58(54)60-57)44-16-6-2-7-17-44/h2-4,6,8,14,21,25,32,34-35,38,42-45,47,49,51,54,56-58H,1,5,7,9-13,15-20,22-24,26-31,33,36-37,39H2/t42-,43?,44?,45?,47-,49+,51?,54?,56?,57?,58?/m1/s1. The summed E-state index contributed by atoms with van der Waals surface area (Å²) in [7, 11) is 0. The first-order chi connectivity index (χ1) is 29.7. The van der Waals surface area contributed by atoms with Crippen LogP contribution in [0.4, 0.5) is 0 Å². The van der Waals surface area contributed by atoms with Crippen LogP contribution in [-0.4, -0.2) is 29.2 Å². The molecular formula is C58H77NO. The molecule has 1 fully saturated rings. The van der Waals surface area contributed by atoms with E-state index in [1.54, 1.807) is 22.4 Å². The van der Waals surface area contributed by atoms with Gasteiger partial charge in [-0.05, 0) is 214 Å². The predicted octanol–water partition coefficient (Wildman–Crippen LogP) is 15.3. The zero-order valence-electron chi connectivity index (χ0n) is 37.2. The fourth-order valence-electron chi connectivity index (χ4n) is 15.1. The molecule has 0 spiro atoms. The van der Waals surface area contributed by atoms with Crippen molar-refractivity contribution < 1.29 is 4.74 Å². The number of rotatable bonds is 8. The van der Waals surface area contributed by atoms with Gasteiger partial charge in [-0.15, -0.1) is 0 Å². The Morgan fingerprint density at radius 3 is 2.18 bits per heavy atom. The van der Waals surface area contributed by atoms with Crippen molar-refractivity contribution in [1.82, 2.24) is 4.90 Å². The highest BCUT2D eigenvalue weighted by atomic mass is 16.5. The van der Waals surface area contributed by atoms with Crippen molar-refractivity contribution in [1.29, 1.82) is 0 Å². The van der Waals surface area contributed by atoms with Crippen LogP contribution in [0.15, 0.2) is 118 Å². The van der Waals surface area contributed by atoms with E-state index in [9.17, 15) is 0 Å². The molecule has 11 aliphatic rings.